The molecule has 6 heteroatoms. The number of azo groups is 1. The monoisotopic (exact) mass is 362 g/mol. The lowest BCUT2D eigenvalue weighted by atomic mass is 10.1. The van der Waals surface area contributed by atoms with Crippen LogP contribution < -0.4 is 4.90 Å². The minimum absolute atomic E-state index is 0.0840. The molecule has 27 heavy (non-hydrogen) atoms. The predicted molar refractivity (Wildman–Crippen MR) is 105 cm³/mol. The quantitative estimate of drug-likeness (QED) is 0.222. The molecule has 0 bridgehead atoms. The normalized spacial score (nSPS) is 15.0. The van der Waals surface area contributed by atoms with E-state index in [0.29, 0.717) is 0 Å². The van der Waals surface area contributed by atoms with Crippen molar-refractivity contribution < 1.29 is 9.78 Å². The summed E-state index contributed by atoms with van der Waals surface area (Å²) < 4.78 is 0. The van der Waals surface area contributed by atoms with Gasteiger partial charge in [-0.15, -0.1) is 0 Å². The maximum atomic E-state index is 8.93. The molecule has 0 atom stereocenters. The molecule has 0 saturated carbocycles. The summed E-state index contributed by atoms with van der Waals surface area (Å²) in [6.45, 7) is 2.26. The number of nitriles is 1. The molecule has 0 aliphatic carbocycles. The van der Waals surface area contributed by atoms with Crippen molar-refractivity contribution in [2.45, 2.75) is 19.3 Å². The Morgan fingerprint density at radius 3 is 2.11 bits per heavy atom. The molecule has 1 fully saturated rings. The van der Waals surface area contributed by atoms with Gasteiger partial charge in [-0.1, -0.05) is 12.1 Å². The lowest BCUT2D eigenvalue weighted by Crippen LogP contribution is -2.29. The number of benzene rings is 2. The summed E-state index contributed by atoms with van der Waals surface area (Å²) >= 11 is 0. The van der Waals surface area contributed by atoms with Crippen LogP contribution in [-0.2, 0) is 9.78 Å². The van der Waals surface area contributed by atoms with Crippen molar-refractivity contribution in [3.05, 3.63) is 59.9 Å². The molecular formula is C21H22N4O2. The van der Waals surface area contributed by atoms with Crippen molar-refractivity contribution in [2.75, 3.05) is 25.1 Å². The van der Waals surface area contributed by atoms with Crippen LogP contribution in [0.4, 0.5) is 17.1 Å². The van der Waals surface area contributed by atoms with Gasteiger partial charge >= 0.3 is 0 Å². The van der Waals surface area contributed by atoms with E-state index in [1.807, 2.05) is 42.5 Å². The first kappa shape index (κ1) is 18.6. The van der Waals surface area contributed by atoms with E-state index in [0.717, 1.165) is 30.0 Å². The smallest absolute Gasteiger partial charge is 0.242 e. The van der Waals surface area contributed by atoms with Crippen LogP contribution in [0.1, 0.15) is 24.8 Å². The molecule has 1 heterocycles. The Kier molecular flexibility index (Phi) is 6.55. The summed E-state index contributed by atoms with van der Waals surface area (Å²) in [4.78, 5) is 11.7. The van der Waals surface area contributed by atoms with Crippen molar-refractivity contribution in [3.8, 4) is 6.07 Å². The number of piperidine rings is 1. The lowest BCUT2D eigenvalue weighted by molar-refractivity contribution is -0.230. The molecule has 0 N–H and O–H groups in total. The fraction of sp³-hybridized carbons (Fsp3) is 0.286. The molecule has 2 aromatic rings. The summed E-state index contributed by atoms with van der Waals surface area (Å²) in [6, 6.07) is 17.4. The second-order valence-corrected chi connectivity index (χ2v) is 6.23. The molecule has 3 rings (SSSR count). The van der Waals surface area contributed by atoms with Crippen LogP contribution in [0.5, 0.6) is 0 Å². The van der Waals surface area contributed by atoms with Gasteiger partial charge in [0.1, 0.15) is 6.07 Å². The third-order valence-electron chi connectivity index (χ3n) is 4.33. The average molecular weight is 362 g/mol. The lowest BCUT2D eigenvalue weighted by Gasteiger charge is -2.28. The Balaban J connectivity index is 1.63. The molecule has 6 nitrogen and oxygen atoms in total. The first-order valence-corrected chi connectivity index (χ1v) is 8.98. The second-order valence-electron chi connectivity index (χ2n) is 6.23. The number of nitrogens with zero attached hydrogens (tertiary/aromatic N) is 4. The van der Waals surface area contributed by atoms with Gasteiger partial charge in [0.05, 0.1) is 18.5 Å². The molecule has 2 aromatic carbocycles. The number of hydrogen-bond donors (Lipinski definition) is 0. The van der Waals surface area contributed by atoms with Crippen LogP contribution in [0.2, 0.25) is 0 Å². The van der Waals surface area contributed by atoms with Crippen LogP contribution in [0.25, 0.3) is 6.08 Å². The molecular weight excluding hydrogens is 340 g/mol. The first-order valence-electron chi connectivity index (χ1n) is 8.98. The molecule has 1 aliphatic rings. The van der Waals surface area contributed by atoms with E-state index in [1.54, 1.807) is 6.08 Å². The summed E-state index contributed by atoms with van der Waals surface area (Å²) in [6.07, 6.45) is 5.44. The molecule has 0 unspecified atom stereocenters. The summed E-state index contributed by atoms with van der Waals surface area (Å²) in [7, 11) is 1.35. The standard InChI is InChI=1S/C21H22N4O2/c1-26-27-21(16-22)15-17-5-7-18(8-6-17)23-24-19-9-11-20(12-10-19)25-13-3-2-4-14-25/h5-12,15H,2-4,13-14H2,1H3/b21-15+,24-23?. The van der Waals surface area contributed by atoms with Gasteiger partial charge in [-0.25, -0.2) is 0 Å². The third-order valence-corrected chi connectivity index (χ3v) is 4.33. The molecule has 138 valence electrons. The zero-order chi connectivity index (χ0) is 18.9. The molecule has 0 radical (unpaired) electrons. The number of allylic oxidation sites excluding steroid dienone is 1. The molecule has 0 aromatic heterocycles. The Labute approximate surface area is 159 Å². The van der Waals surface area contributed by atoms with Gasteiger partial charge in [0.2, 0.25) is 5.76 Å². The highest BCUT2D eigenvalue weighted by Gasteiger charge is 2.10. The number of hydrogen-bond acceptors (Lipinski definition) is 6. The average Bonchev–Trinajstić information content (AvgIpc) is 2.74. The molecule has 0 amide bonds. The Morgan fingerprint density at radius 1 is 0.963 bits per heavy atom. The van der Waals surface area contributed by atoms with Crippen molar-refractivity contribution in [1.82, 2.24) is 0 Å². The van der Waals surface area contributed by atoms with E-state index in [1.165, 1.54) is 32.1 Å². The van der Waals surface area contributed by atoms with E-state index in [4.69, 9.17) is 10.1 Å². The maximum absolute atomic E-state index is 8.93. The SMILES string of the molecule is COO/C(C#N)=C/c1ccc(N=Nc2ccc(N3CCCCC3)cc2)cc1. The van der Waals surface area contributed by atoms with Crippen molar-refractivity contribution >= 4 is 23.1 Å². The van der Waals surface area contributed by atoms with E-state index in [9.17, 15) is 0 Å². The predicted octanol–water partition coefficient (Wildman–Crippen LogP) is 5.53. The fourth-order valence-corrected chi connectivity index (χ4v) is 2.95. The van der Waals surface area contributed by atoms with Gasteiger partial charge in [-0.05, 0) is 61.2 Å². The van der Waals surface area contributed by atoms with E-state index in [2.05, 4.69) is 32.1 Å². The van der Waals surface area contributed by atoms with E-state index < -0.39 is 0 Å². The first-order chi connectivity index (χ1) is 13.3. The van der Waals surface area contributed by atoms with Gasteiger partial charge in [0, 0.05) is 24.9 Å². The van der Waals surface area contributed by atoms with Crippen LogP contribution in [0, 0.1) is 11.3 Å². The van der Waals surface area contributed by atoms with Crippen molar-refractivity contribution in [2.24, 2.45) is 10.2 Å². The van der Waals surface area contributed by atoms with Crippen LogP contribution in [-0.4, -0.2) is 20.2 Å². The largest absolute Gasteiger partial charge is 0.372 e. The second kappa shape index (κ2) is 9.51. The molecule has 0 spiro atoms. The Bertz CT molecular complexity index is 830. The zero-order valence-corrected chi connectivity index (χ0v) is 15.3. The fourth-order valence-electron chi connectivity index (χ4n) is 2.95. The van der Waals surface area contributed by atoms with Gasteiger partial charge < -0.3 is 9.79 Å². The summed E-state index contributed by atoms with van der Waals surface area (Å²) in [5.41, 5.74) is 3.61. The van der Waals surface area contributed by atoms with Crippen LogP contribution >= 0.6 is 0 Å². The molecule has 1 aliphatic heterocycles. The highest BCUT2D eigenvalue weighted by atomic mass is 17.2. The van der Waals surface area contributed by atoms with Gasteiger partial charge in [0.25, 0.3) is 0 Å². The minimum Gasteiger partial charge on any atom is -0.372 e. The number of rotatable bonds is 6. The molecule has 1 saturated heterocycles. The summed E-state index contributed by atoms with van der Waals surface area (Å²) in [5, 5.41) is 17.5. The zero-order valence-electron chi connectivity index (χ0n) is 15.3. The Hall–Kier alpha value is -3.17. The van der Waals surface area contributed by atoms with Gasteiger partial charge in [-0.2, -0.15) is 20.4 Å². The topological polar surface area (TPSA) is 70.2 Å². The maximum Gasteiger partial charge on any atom is 0.242 e. The van der Waals surface area contributed by atoms with Crippen LogP contribution in [0.15, 0.2) is 64.5 Å². The minimum atomic E-state index is 0.0840. The van der Waals surface area contributed by atoms with Gasteiger partial charge in [0.15, 0.2) is 0 Å². The van der Waals surface area contributed by atoms with Crippen molar-refractivity contribution in [3.63, 3.8) is 0 Å². The highest BCUT2D eigenvalue weighted by Crippen LogP contribution is 2.24. The Morgan fingerprint density at radius 2 is 1.56 bits per heavy atom. The van der Waals surface area contributed by atoms with Crippen molar-refractivity contribution in [1.29, 1.82) is 5.26 Å². The van der Waals surface area contributed by atoms with Crippen LogP contribution in [0.3, 0.4) is 0 Å². The number of anilines is 1. The highest BCUT2D eigenvalue weighted by molar-refractivity contribution is 5.57. The summed E-state index contributed by atoms with van der Waals surface area (Å²) in [5.74, 6) is 0.0840. The van der Waals surface area contributed by atoms with Gasteiger partial charge in [-0.3, -0.25) is 0 Å². The van der Waals surface area contributed by atoms with E-state index in [-0.39, 0.29) is 5.76 Å². The third kappa shape index (κ3) is 5.40. The van der Waals surface area contributed by atoms with E-state index >= 15 is 0 Å².